The zero-order valence-corrected chi connectivity index (χ0v) is 12.6. The van der Waals surface area contributed by atoms with Crippen LogP contribution >= 0.6 is 23.2 Å². The van der Waals surface area contributed by atoms with Crippen molar-refractivity contribution in [3.8, 4) is 0 Å². The molecular weight excluding hydrogens is 281 g/mol. The van der Waals surface area contributed by atoms with Crippen molar-refractivity contribution < 1.29 is 4.74 Å². The van der Waals surface area contributed by atoms with E-state index in [1.165, 1.54) is 5.56 Å². The van der Waals surface area contributed by atoms with E-state index in [0.29, 0.717) is 22.1 Å². The summed E-state index contributed by atoms with van der Waals surface area (Å²) in [5.41, 5.74) is 1.48. The molecule has 1 heterocycles. The van der Waals surface area contributed by atoms with Crippen LogP contribution in [-0.2, 0) is 10.2 Å². The zero-order valence-electron chi connectivity index (χ0n) is 11.1. The maximum absolute atomic E-state index is 6.19. The van der Waals surface area contributed by atoms with Gasteiger partial charge in [-0.3, -0.25) is 0 Å². The van der Waals surface area contributed by atoms with E-state index in [9.17, 15) is 0 Å². The Morgan fingerprint density at radius 3 is 2.95 bits per heavy atom. The quantitative estimate of drug-likeness (QED) is 0.920. The zero-order chi connectivity index (χ0) is 13.5. The van der Waals surface area contributed by atoms with Gasteiger partial charge < -0.3 is 10.1 Å². The number of nitrogens with one attached hydrogen (secondary N) is 1. The van der Waals surface area contributed by atoms with E-state index in [1.807, 2.05) is 12.1 Å². The Labute approximate surface area is 124 Å². The molecule has 1 N–H and O–H groups in total. The summed E-state index contributed by atoms with van der Waals surface area (Å²) in [6, 6.07) is 6.08. The fourth-order valence-electron chi connectivity index (χ4n) is 3.79. The van der Waals surface area contributed by atoms with Crippen LogP contribution < -0.4 is 5.32 Å². The number of hydrogen-bond donors (Lipinski definition) is 1. The summed E-state index contributed by atoms with van der Waals surface area (Å²) in [6.07, 6.45) is 2.60. The fourth-order valence-corrected chi connectivity index (χ4v) is 4.09. The summed E-state index contributed by atoms with van der Waals surface area (Å²) in [5, 5.41) is 4.81. The topological polar surface area (TPSA) is 21.3 Å². The van der Waals surface area contributed by atoms with Gasteiger partial charge in [0.25, 0.3) is 0 Å². The van der Waals surface area contributed by atoms with Crippen molar-refractivity contribution in [3.63, 3.8) is 0 Å². The lowest BCUT2D eigenvalue weighted by Gasteiger charge is -2.29. The van der Waals surface area contributed by atoms with Crippen LogP contribution in [0.3, 0.4) is 0 Å². The largest absolute Gasteiger partial charge is 0.378 e. The third kappa shape index (κ3) is 2.29. The maximum Gasteiger partial charge on any atom is 0.0595 e. The lowest BCUT2D eigenvalue weighted by Crippen LogP contribution is -2.31. The summed E-state index contributed by atoms with van der Waals surface area (Å²) in [5.74, 6) is 0.640. The van der Waals surface area contributed by atoms with E-state index >= 15 is 0 Å². The van der Waals surface area contributed by atoms with E-state index in [-0.39, 0.29) is 5.41 Å². The number of fused-ring (bicyclic) bond motifs is 1. The van der Waals surface area contributed by atoms with E-state index in [0.717, 1.165) is 32.5 Å². The van der Waals surface area contributed by atoms with Gasteiger partial charge in [-0.15, -0.1) is 0 Å². The molecule has 2 fully saturated rings. The van der Waals surface area contributed by atoms with Crippen molar-refractivity contribution in [1.29, 1.82) is 0 Å². The van der Waals surface area contributed by atoms with Crippen LogP contribution in [-0.4, -0.2) is 25.8 Å². The van der Waals surface area contributed by atoms with Gasteiger partial charge in [-0.2, -0.15) is 0 Å². The average molecular weight is 300 g/mol. The summed E-state index contributed by atoms with van der Waals surface area (Å²) >= 11 is 12.2. The third-order valence-corrected chi connectivity index (χ3v) is 5.39. The van der Waals surface area contributed by atoms with E-state index in [4.69, 9.17) is 27.9 Å². The highest BCUT2D eigenvalue weighted by Crippen LogP contribution is 2.49. The summed E-state index contributed by atoms with van der Waals surface area (Å²) in [7, 11) is 0. The van der Waals surface area contributed by atoms with Gasteiger partial charge in [0.15, 0.2) is 0 Å². The molecule has 2 nitrogen and oxygen atoms in total. The number of hydrogen-bond acceptors (Lipinski definition) is 2. The van der Waals surface area contributed by atoms with Crippen LogP contribution in [0.1, 0.15) is 25.3 Å². The van der Waals surface area contributed by atoms with Gasteiger partial charge in [0.05, 0.1) is 16.1 Å². The van der Waals surface area contributed by atoms with Crippen LogP contribution in [0.15, 0.2) is 18.2 Å². The molecule has 19 heavy (non-hydrogen) atoms. The molecule has 0 spiro atoms. The molecule has 3 atom stereocenters. The second kappa shape index (κ2) is 5.25. The first-order chi connectivity index (χ1) is 9.15. The Morgan fingerprint density at radius 1 is 1.37 bits per heavy atom. The number of ether oxygens (including phenoxy) is 1. The summed E-state index contributed by atoms with van der Waals surface area (Å²) in [6.45, 7) is 4.95. The molecule has 1 aromatic rings. The van der Waals surface area contributed by atoms with Crippen LogP contribution in [0, 0.1) is 5.92 Å². The first-order valence-corrected chi connectivity index (χ1v) is 7.69. The molecule has 0 aromatic heterocycles. The Morgan fingerprint density at radius 2 is 2.21 bits per heavy atom. The van der Waals surface area contributed by atoms with E-state index in [1.54, 1.807) is 0 Å². The van der Waals surface area contributed by atoms with Gasteiger partial charge in [0, 0.05) is 18.6 Å². The SMILES string of the molecule is CCOC1C[C@@H]2CNC[C@]2(c2ccc(Cl)c(Cl)c2)C1. The minimum Gasteiger partial charge on any atom is -0.378 e. The normalized spacial score (nSPS) is 33.6. The highest BCUT2D eigenvalue weighted by molar-refractivity contribution is 6.42. The lowest BCUT2D eigenvalue weighted by molar-refractivity contribution is 0.0613. The highest BCUT2D eigenvalue weighted by Gasteiger charge is 2.51. The molecule has 2 aliphatic rings. The molecule has 1 saturated carbocycles. The van der Waals surface area contributed by atoms with Crippen LogP contribution in [0.25, 0.3) is 0 Å². The first kappa shape index (κ1) is 13.7. The Kier molecular flexibility index (Phi) is 3.78. The van der Waals surface area contributed by atoms with Gasteiger partial charge in [-0.25, -0.2) is 0 Å². The van der Waals surface area contributed by atoms with Gasteiger partial charge in [-0.05, 0) is 49.9 Å². The standard InChI is InChI=1S/C15H19Cl2NO/c1-2-19-12-5-11-8-18-9-15(11,7-12)10-3-4-13(16)14(17)6-10/h3-4,6,11-12,18H,2,5,7-9H2,1H3/t11-,12?,15+/m1/s1. The molecule has 4 heteroatoms. The lowest BCUT2D eigenvalue weighted by atomic mass is 9.74. The monoisotopic (exact) mass is 299 g/mol. The maximum atomic E-state index is 6.19. The van der Waals surface area contributed by atoms with Crippen molar-refractivity contribution in [3.05, 3.63) is 33.8 Å². The molecule has 3 rings (SSSR count). The van der Waals surface area contributed by atoms with Crippen molar-refractivity contribution >= 4 is 23.2 Å². The second-order valence-electron chi connectivity index (χ2n) is 5.63. The molecule has 1 aliphatic carbocycles. The van der Waals surface area contributed by atoms with Gasteiger partial charge in [0.1, 0.15) is 0 Å². The fraction of sp³-hybridized carbons (Fsp3) is 0.600. The summed E-state index contributed by atoms with van der Waals surface area (Å²) in [4.78, 5) is 0. The molecule has 1 aromatic carbocycles. The van der Waals surface area contributed by atoms with Crippen molar-refractivity contribution in [2.75, 3.05) is 19.7 Å². The number of rotatable bonds is 3. The predicted molar refractivity (Wildman–Crippen MR) is 79.1 cm³/mol. The average Bonchev–Trinajstić information content (AvgIpc) is 2.90. The third-order valence-electron chi connectivity index (χ3n) is 4.65. The number of halogens is 2. The van der Waals surface area contributed by atoms with Crippen molar-refractivity contribution in [2.24, 2.45) is 5.92 Å². The second-order valence-corrected chi connectivity index (χ2v) is 6.44. The molecule has 1 unspecified atom stereocenters. The molecule has 1 saturated heterocycles. The summed E-state index contributed by atoms with van der Waals surface area (Å²) < 4.78 is 5.85. The van der Waals surface area contributed by atoms with Crippen LogP contribution in [0.5, 0.6) is 0 Å². The van der Waals surface area contributed by atoms with Crippen LogP contribution in [0.2, 0.25) is 10.0 Å². The molecule has 0 amide bonds. The number of benzene rings is 1. The van der Waals surface area contributed by atoms with Crippen LogP contribution in [0.4, 0.5) is 0 Å². The van der Waals surface area contributed by atoms with Gasteiger partial charge >= 0.3 is 0 Å². The minimum atomic E-state index is 0.175. The molecule has 1 aliphatic heterocycles. The van der Waals surface area contributed by atoms with Gasteiger partial charge in [0.2, 0.25) is 0 Å². The van der Waals surface area contributed by atoms with Crippen molar-refractivity contribution in [1.82, 2.24) is 5.32 Å². The molecule has 0 radical (unpaired) electrons. The Bertz CT molecular complexity index is 479. The van der Waals surface area contributed by atoms with E-state index in [2.05, 4.69) is 18.3 Å². The van der Waals surface area contributed by atoms with Crippen molar-refractivity contribution in [2.45, 2.75) is 31.3 Å². The van der Waals surface area contributed by atoms with E-state index < -0.39 is 0 Å². The Hall–Kier alpha value is -0.280. The minimum absolute atomic E-state index is 0.175. The Balaban J connectivity index is 1.93. The smallest absolute Gasteiger partial charge is 0.0595 e. The molecule has 104 valence electrons. The van der Waals surface area contributed by atoms with Gasteiger partial charge in [-0.1, -0.05) is 29.3 Å². The highest BCUT2D eigenvalue weighted by atomic mass is 35.5. The molecule has 0 bridgehead atoms. The predicted octanol–water partition coefficient (Wildman–Crippen LogP) is 3.65. The molecular formula is C15H19Cl2NO. The first-order valence-electron chi connectivity index (χ1n) is 6.93.